The number of ether oxygens (including phenoxy) is 2. The molecule has 1 fully saturated rings. The van der Waals surface area contributed by atoms with Crippen LogP contribution >= 0.6 is 0 Å². The smallest absolute Gasteiger partial charge is 0.410 e. The van der Waals surface area contributed by atoms with Crippen LogP contribution in [-0.4, -0.2) is 50.0 Å². The second kappa shape index (κ2) is 6.02. The average Bonchev–Trinajstić information content (AvgIpc) is 3.04. The molecule has 1 aromatic heterocycles. The molecule has 7 heteroatoms. The Hall–Kier alpha value is -1.63. The molecule has 2 aliphatic rings. The van der Waals surface area contributed by atoms with E-state index in [9.17, 15) is 4.79 Å². The molecule has 1 amide bonds. The molecule has 0 aromatic carbocycles. The summed E-state index contributed by atoms with van der Waals surface area (Å²) < 4.78 is 13.5. The lowest BCUT2D eigenvalue weighted by molar-refractivity contribution is 0.00398. The highest BCUT2D eigenvalue weighted by Crippen LogP contribution is 2.31. The molecule has 24 heavy (non-hydrogen) atoms. The monoisotopic (exact) mass is 336 g/mol. The first-order valence-electron chi connectivity index (χ1n) is 8.71. The van der Waals surface area contributed by atoms with Crippen LogP contribution in [0.2, 0.25) is 0 Å². The highest BCUT2D eigenvalue weighted by atomic mass is 16.6. The summed E-state index contributed by atoms with van der Waals surface area (Å²) in [4.78, 5) is 14.4. The fraction of sp³-hybridized carbons (Fsp3) is 0.824. The molecule has 0 aliphatic carbocycles. The first-order valence-corrected chi connectivity index (χ1v) is 8.71. The van der Waals surface area contributed by atoms with Crippen LogP contribution in [0, 0.1) is 0 Å². The van der Waals surface area contributed by atoms with Gasteiger partial charge in [0.2, 0.25) is 0 Å². The molecule has 2 aliphatic heterocycles. The lowest BCUT2D eigenvalue weighted by Crippen LogP contribution is -2.50. The van der Waals surface area contributed by atoms with Crippen LogP contribution < -0.4 is 0 Å². The van der Waals surface area contributed by atoms with Gasteiger partial charge in [-0.15, -0.1) is 10.2 Å². The van der Waals surface area contributed by atoms with Crippen LogP contribution in [0.5, 0.6) is 0 Å². The van der Waals surface area contributed by atoms with Crippen molar-refractivity contribution < 1.29 is 14.3 Å². The van der Waals surface area contributed by atoms with Crippen LogP contribution in [-0.2, 0) is 22.4 Å². The summed E-state index contributed by atoms with van der Waals surface area (Å²) in [5.41, 5.74) is -0.880. The first kappa shape index (κ1) is 17.2. The van der Waals surface area contributed by atoms with Crippen molar-refractivity contribution in [1.82, 2.24) is 19.7 Å². The van der Waals surface area contributed by atoms with Crippen LogP contribution in [0.25, 0.3) is 0 Å². The van der Waals surface area contributed by atoms with Crippen molar-refractivity contribution in [1.29, 1.82) is 0 Å². The summed E-state index contributed by atoms with van der Waals surface area (Å²) >= 11 is 0. The van der Waals surface area contributed by atoms with Gasteiger partial charge in [-0.3, -0.25) is 0 Å². The van der Waals surface area contributed by atoms with Crippen LogP contribution in [0.15, 0.2) is 0 Å². The highest BCUT2D eigenvalue weighted by molar-refractivity contribution is 5.69. The second-order valence-electron chi connectivity index (χ2n) is 8.25. The topological polar surface area (TPSA) is 69.5 Å². The van der Waals surface area contributed by atoms with Crippen LogP contribution in [0.4, 0.5) is 4.79 Å². The number of fused-ring (bicyclic) bond motifs is 1. The van der Waals surface area contributed by atoms with E-state index in [1.165, 1.54) is 0 Å². The zero-order valence-corrected chi connectivity index (χ0v) is 15.3. The third-order valence-electron chi connectivity index (χ3n) is 4.56. The van der Waals surface area contributed by atoms with Gasteiger partial charge in [-0.2, -0.15) is 0 Å². The zero-order chi connectivity index (χ0) is 17.5. The van der Waals surface area contributed by atoms with E-state index in [1.807, 2.05) is 39.5 Å². The van der Waals surface area contributed by atoms with Gasteiger partial charge in [-0.25, -0.2) is 4.79 Å². The van der Waals surface area contributed by atoms with E-state index in [-0.39, 0.29) is 17.7 Å². The summed E-state index contributed by atoms with van der Waals surface area (Å²) in [7, 11) is 0. The molecule has 0 N–H and O–H groups in total. The number of hydrogen-bond acceptors (Lipinski definition) is 5. The fourth-order valence-electron chi connectivity index (χ4n) is 3.38. The average molecular weight is 336 g/mol. The molecule has 134 valence electrons. The summed E-state index contributed by atoms with van der Waals surface area (Å²) in [5.74, 6) is 1.81. The molecule has 7 nitrogen and oxygen atoms in total. The Bertz CT molecular complexity index is 612. The van der Waals surface area contributed by atoms with Gasteiger partial charge in [-0.1, -0.05) is 0 Å². The molecule has 1 atom stereocenters. The summed E-state index contributed by atoms with van der Waals surface area (Å²) in [6.07, 6.45) is 2.44. The zero-order valence-electron chi connectivity index (χ0n) is 15.3. The standard InChI is InChI=1S/C17H28N4O3/c1-16(2,3)24-15(22)21-9-8-20-13(11-17(21,4)5)18-19-14(20)12-7-6-10-23-12/h12H,6-11H2,1-5H3/t12-/m1/s1. The Kier molecular flexibility index (Phi) is 4.32. The van der Waals surface area contributed by atoms with Gasteiger partial charge in [0, 0.05) is 31.7 Å². The first-order chi connectivity index (χ1) is 11.2. The minimum atomic E-state index is -0.503. The minimum Gasteiger partial charge on any atom is -0.444 e. The molecular formula is C17H28N4O3. The number of rotatable bonds is 1. The van der Waals surface area contributed by atoms with E-state index in [1.54, 1.807) is 0 Å². The SMILES string of the molecule is CC(C)(C)OC(=O)N1CCn2c(nnc2[C@H]2CCCO2)CC1(C)C. The number of nitrogens with zero attached hydrogens (tertiary/aromatic N) is 4. The lowest BCUT2D eigenvalue weighted by atomic mass is 9.98. The number of aromatic nitrogens is 3. The molecular weight excluding hydrogens is 308 g/mol. The predicted molar refractivity (Wildman–Crippen MR) is 88.7 cm³/mol. The molecule has 0 bridgehead atoms. The van der Waals surface area contributed by atoms with Gasteiger partial charge in [0.15, 0.2) is 5.82 Å². The molecule has 1 aromatic rings. The fourth-order valence-corrected chi connectivity index (χ4v) is 3.38. The molecule has 1 saturated heterocycles. The summed E-state index contributed by atoms with van der Waals surface area (Å²) in [6, 6.07) is 0. The maximum absolute atomic E-state index is 12.6. The van der Waals surface area contributed by atoms with Crippen molar-refractivity contribution >= 4 is 6.09 Å². The Morgan fingerprint density at radius 3 is 2.67 bits per heavy atom. The lowest BCUT2D eigenvalue weighted by Gasteiger charge is -2.37. The maximum atomic E-state index is 12.6. The van der Waals surface area contributed by atoms with Crippen molar-refractivity contribution in [3.05, 3.63) is 11.6 Å². The van der Waals surface area contributed by atoms with Gasteiger partial charge in [0.25, 0.3) is 0 Å². The predicted octanol–water partition coefficient (Wildman–Crippen LogP) is 2.70. The number of carbonyl (C=O) groups is 1. The normalized spacial score (nSPS) is 23.7. The summed E-state index contributed by atoms with van der Waals surface area (Å²) in [6.45, 7) is 11.8. The Morgan fingerprint density at radius 2 is 2.04 bits per heavy atom. The van der Waals surface area contributed by atoms with Crippen molar-refractivity contribution in [2.24, 2.45) is 0 Å². The van der Waals surface area contributed by atoms with Gasteiger partial charge < -0.3 is 18.9 Å². The maximum Gasteiger partial charge on any atom is 0.410 e. The quantitative estimate of drug-likeness (QED) is 0.788. The van der Waals surface area contributed by atoms with E-state index in [0.717, 1.165) is 31.1 Å². The molecule has 0 radical (unpaired) electrons. The van der Waals surface area contributed by atoms with Crippen molar-refractivity contribution in [3.63, 3.8) is 0 Å². The van der Waals surface area contributed by atoms with Crippen LogP contribution in [0.3, 0.4) is 0 Å². The Morgan fingerprint density at radius 1 is 1.29 bits per heavy atom. The third-order valence-corrected chi connectivity index (χ3v) is 4.56. The molecule has 0 saturated carbocycles. The van der Waals surface area contributed by atoms with Crippen LogP contribution in [0.1, 0.15) is 65.2 Å². The molecule has 3 rings (SSSR count). The Labute approximate surface area is 143 Å². The molecule has 0 unspecified atom stereocenters. The van der Waals surface area contributed by atoms with E-state index >= 15 is 0 Å². The van der Waals surface area contributed by atoms with E-state index < -0.39 is 5.60 Å². The van der Waals surface area contributed by atoms with E-state index in [2.05, 4.69) is 14.8 Å². The van der Waals surface area contributed by atoms with Crippen molar-refractivity contribution in [2.45, 2.75) is 77.7 Å². The van der Waals surface area contributed by atoms with Gasteiger partial charge in [-0.05, 0) is 47.5 Å². The van der Waals surface area contributed by atoms with Gasteiger partial charge >= 0.3 is 6.09 Å². The van der Waals surface area contributed by atoms with Gasteiger partial charge in [0.05, 0.1) is 0 Å². The van der Waals surface area contributed by atoms with Gasteiger partial charge in [0.1, 0.15) is 17.5 Å². The summed E-state index contributed by atoms with van der Waals surface area (Å²) in [5, 5.41) is 8.75. The number of amides is 1. The van der Waals surface area contributed by atoms with Crippen molar-refractivity contribution in [2.75, 3.05) is 13.2 Å². The second-order valence-corrected chi connectivity index (χ2v) is 8.25. The number of carbonyl (C=O) groups excluding carboxylic acids is 1. The molecule has 0 spiro atoms. The highest BCUT2D eigenvalue weighted by Gasteiger charge is 2.39. The third kappa shape index (κ3) is 3.41. The minimum absolute atomic E-state index is 0.0300. The Balaban J connectivity index is 1.82. The van der Waals surface area contributed by atoms with Crippen molar-refractivity contribution in [3.8, 4) is 0 Å². The molecule has 3 heterocycles. The number of hydrogen-bond donors (Lipinski definition) is 0. The van der Waals surface area contributed by atoms with E-state index in [4.69, 9.17) is 9.47 Å². The van der Waals surface area contributed by atoms with E-state index in [0.29, 0.717) is 19.5 Å². The largest absolute Gasteiger partial charge is 0.444 e.